The summed E-state index contributed by atoms with van der Waals surface area (Å²) in [5.41, 5.74) is 2.37. The summed E-state index contributed by atoms with van der Waals surface area (Å²) in [6, 6.07) is 9.03. The number of nitro groups is 1. The lowest BCUT2D eigenvalue weighted by atomic mass is 10.1. The first-order valence-electron chi connectivity index (χ1n) is 5.90. The van der Waals surface area contributed by atoms with Crippen molar-refractivity contribution in [2.75, 3.05) is 5.32 Å². The molecule has 0 radical (unpaired) electrons. The molecule has 0 aliphatic heterocycles. The van der Waals surface area contributed by atoms with Gasteiger partial charge in [-0.15, -0.1) is 0 Å². The number of halogens is 2. The van der Waals surface area contributed by atoms with E-state index in [1.807, 2.05) is 6.92 Å². The van der Waals surface area contributed by atoms with Gasteiger partial charge in [-0.2, -0.15) is 0 Å². The molecule has 0 saturated heterocycles. The number of nitrogens with one attached hydrogen (secondary N) is 1. The molecule has 0 aliphatic rings. The lowest BCUT2D eigenvalue weighted by Crippen LogP contribution is -2.03. The molecule has 0 bridgehead atoms. The van der Waals surface area contributed by atoms with E-state index < -0.39 is 4.92 Å². The standard InChI is InChI=1S/C14H12BrFN2O2/c1-9-2-3-11(16)6-10(9)8-17-14-7-12(18(19)20)4-5-13(14)15/h2-7,17H,8H2,1H3. The zero-order valence-electron chi connectivity index (χ0n) is 10.7. The van der Waals surface area contributed by atoms with Crippen molar-refractivity contribution >= 4 is 27.3 Å². The van der Waals surface area contributed by atoms with E-state index in [2.05, 4.69) is 21.2 Å². The summed E-state index contributed by atoms with van der Waals surface area (Å²) in [6.07, 6.45) is 0. The third-order valence-corrected chi connectivity index (χ3v) is 3.63. The average molecular weight is 339 g/mol. The van der Waals surface area contributed by atoms with Gasteiger partial charge in [0.1, 0.15) is 5.82 Å². The molecule has 6 heteroatoms. The van der Waals surface area contributed by atoms with Gasteiger partial charge in [0.25, 0.3) is 5.69 Å². The number of anilines is 1. The van der Waals surface area contributed by atoms with Gasteiger partial charge >= 0.3 is 0 Å². The fourth-order valence-corrected chi connectivity index (χ4v) is 2.17. The van der Waals surface area contributed by atoms with Gasteiger partial charge in [0, 0.05) is 23.2 Å². The molecule has 0 aliphatic carbocycles. The minimum Gasteiger partial charge on any atom is -0.380 e. The quantitative estimate of drug-likeness (QED) is 0.663. The summed E-state index contributed by atoms with van der Waals surface area (Å²) in [6.45, 7) is 2.28. The zero-order chi connectivity index (χ0) is 14.7. The van der Waals surface area contributed by atoms with Gasteiger partial charge < -0.3 is 5.32 Å². The molecule has 0 heterocycles. The lowest BCUT2D eigenvalue weighted by Gasteiger charge is -2.10. The second-order valence-corrected chi connectivity index (χ2v) is 5.20. The van der Waals surface area contributed by atoms with E-state index in [-0.39, 0.29) is 11.5 Å². The molecular weight excluding hydrogens is 327 g/mol. The SMILES string of the molecule is Cc1ccc(F)cc1CNc1cc([N+](=O)[O-])ccc1Br. The van der Waals surface area contributed by atoms with Crippen LogP contribution in [0.1, 0.15) is 11.1 Å². The molecule has 0 fully saturated rings. The van der Waals surface area contributed by atoms with E-state index in [0.29, 0.717) is 12.2 Å². The third-order valence-electron chi connectivity index (χ3n) is 2.94. The van der Waals surface area contributed by atoms with Crippen molar-refractivity contribution in [2.45, 2.75) is 13.5 Å². The van der Waals surface area contributed by atoms with Crippen LogP contribution in [0.15, 0.2) is 40.9 Å². The predicted octanol–water partition coefficient (Wildman–Crippen LogP) is 4.42. The first-order valence-corrected chi connectivity index (χ1v) is 6.69. The number of nitrogens with zero attached hydrogens (tertiary/aromatic N) is 1. The van der Waals surface area contributed by atoms with E-state index in [0.717, 1.165) is 15.6 Å². The Morgan fingerprint density at radius 3 is 2.75 bits per heavy atom. The van der Waals surface area contributed by atoms with E-state index in [1.54, 1.807) is 12.1 Å². The van der Waals surface area contributed by atoms with Gasteiger partial charge in [-0.05, 0) is 52.2 Å². The van der Waals surface area contributed by atoms with Crippen LogP contribution in [0.25, 0.3) is 0 Å². The minimum atomic E-state index is -0.453. The Morgan fingerprint density at radius 2 is 2.05 bits per heavy atom. The highest BCUT2D eigenvalue weighted by molar-refractivity contribution is 9.10. The second-order valence-electron chi connectivity index (χ2n) is 4.35. The monoisotopic (exact) mass is 338 g/mol. The van der Waals surface area contributed by atoms with Crippen molar-refractivity contribution in [3.63, 3.8) is 0 Å². The number of benzene rings is 2. The largest absolute Gasteiger partial charge is 0.380 e. The Labute approximate surface area is 123 Å². The van der Waals surface area contributed by atoms with Crippen LogP contribution in [0.2, 0.25) is 0 Å². The molecule has 2 aromatic carbocycles. The summed E-state index contributed by atoms with van der Waals surface area (Å²) in [4.78, 5) is 10.3. The normalized spacial score (nSPS) is 10.3. The van der Waals surface area contributed by atoms with Crippen LogP contribution in [0.3, 0.4) is 0 Å². The van der Waals surface area contributed by atoms with Crippen molar-refractivity contribution in [3.05, 3.63) is 67.9 Å². The Hall–Kier alpha value is -1.95. The van der Waals surface area contributed by atoms with Crippen LogP contribution in [-0.2, 0) is 6.54 Å². The van der Waals surface area contributed by atoms with Gasteiger partial charge in [0.2, 0.25) is 0 Å². The molecule has 0 unspecified atom stereocenters. The van der Waals surface area contributed by atoms with Crippen molar-refractivity contribution in [2.24, 2.45) is 0 Å². The highest BCUT2D eigenvalue weighted by atomic mass is 79.9. The first kappa shape index (κ1) is 14.5. The molecule has 104 valence electrons. The smallest absolute Gasteiger partial charge is 0.271 e. The molecule has 0 amide bonds. The molecule has 4 nitrogen and oxygen atoms in total. The number of hydrogen-bond donors (Lipinski definition) is 1. The zero-order valence-corrected chi connectivity index (χ0v) is 12.3. The van der Waals surface area contributed by atoms with Gasteiger partial charge in [0.05, 0.1) is 10.6 Å². The van der Waals surface area contributed by atoms with Crippen LogP contribution < -0.4 is 5.32 Å². The van der Waals surface area contributed by atoms with Crippen molar-refractivity contribution in [1.82, 2.24) is 0 Å². The maximum Gasteiger partial charge on any atom is 0.271 e. The van der Waals surface area contributed by atoms with Crippen molar-refractivity contribution in [1.29, 1.82) is 0 Å². The van der Waals surface area contributed by atoms with Crippen LogP contribution in [0.4, 0.5) is 15.8 Å². The predicted molar refractivity (Wildman–Crippen MR) is 79.3 cm³/mol. The van der Waals surface area contributed by atoms with Crippen molar-refractivity contribution in [3.8, 4) is 0 Å². The summed E-state index contributed by atoms with van der Waals surface area (Å²) in [5, 5.41) is 13.8. The van der Waals surface area contributed by atoms with Gasteiger partial charge in [-0.25, -0.2) is 4.39 Å². The molecule has 0 aromatic heterocycles. The Balaban J connectivity index is 2.20. The van der Waals surface area contributed by atoms with E-state index >= 15 is 0 Å². The van der Waals surface area contributed by atoms with Crippen LogP contribution in [0.5, 0.6) is 0 Å². The van der Waals surface area contributed by atoms with E-state index in [1.165, 1.54) is 24.3 Å². The first-order chi connectivity index (χ1) is 9.47. The average Bonchev–Trinajstić information content (AvgIpc) is 2.41. The van der Waals surface area contributed by atoms with Crippen molar-refractivity contribution < 1.29 is 9.31 Å². The summed E-state index contributed by atoms with van der Waals surface area (Å²) < 4.78 is 13.9. The summed E-state index contributed by atoms with van der Waals surface area (Å²) in [5.74, 6) is -0.300. The topological polar surface area (TPSA) is 55.2 Å². The fourth-order valence-electron chi connectivity index (χ4n) is 1.78. The maximum atomic E-state index is 13.2. The second kappa shape index (κ2) is 6.00. The number of rotatable bonds is 4. The maximum absolute atomic E-state index is 13.2. The number of non-ortho nitro benzene ring substituents is 1. The summed E-state index contributed by atoms with van der Waals surface area (Å²) in [7, 11) is 0. The Bertz CT molecular complexity index is 662. The van der Waals surface area contributed by atoms with E-state index in [4.69, 9.17) is 0 Å². The van der Waals surface area contributed by atoms with Crippen LogP contribution >= 0.6 is 15.9 Å². The summed E-state index contributed by atoms with van der Waals surface area (Å²) >= 11 is 3.33. The molecule has 2 aromatic rings. The van der Waals surface area contributed by atoms with Crippen LogP contribution in [0, 0.1) is 22.9 Å². The molecular formula is C14H12BrFN2O2. The molecule has 2 rings (SSSR count). The fraction of sp³-hybridized carbons (Fsp3) is 0.143. The lowest BCUT2D eigenvalue weighted by molar-refractivity contribution is -0.384. The number of aryl methyl sites for hydroxylation is 1. The van der Waals surface area contributed by atoms with Gasteiger partial charge in [0.15, 0.2) is 0 Å². The van der Waals surface area contributed by atoms with Crippen LogP contribution in [-0.4, -0.2) is 4.92 Å². The molecule has 0 saturated carbocycles. The molecule has 0 spiro atoms. The Kier molecular flexibility index (Phi) is 4.34. The highest BCUT2D eigenvalue weighted by Gasteiger charge is 2.09. The van der Waals surface area contributed by atoms with Gasteiger partial charge in [-0.3, -0.25) is 10.1 Å². The molecule has 1 N–H and O–H groups in total. The highest BCUT2D eigenvalue weighted by Crippen LogP contribution is 2.27. The number of nitro benzene ring substituents is 1. The van der Waals surface area contributed by atoms with E-state index in [9.17, 15) is 14.5 Å². The van der Waals surface area contributed by atoms with Gasteiger partial charge in [-0.1, -0.05) is 6.07 Å². The number of hydrogen-bond acceptors (Lipinski definition) is 3. The molecule has 0 atom stereocenters. The minimum absolute atomic E-state index is 0.00617. The third kappa shape index (κ3) is 3.33. The Morgan fingerprint density at radius 1 is 1.30 bits per heavy atom. The molecule has 20 heavy (non-hydrogen) atoms.